The Balaban J connectivity index is 1.58. The van der Waals surface area contributed by atoms with E-state index in [1.54, 1.807) is 12.1 Å². The van der Waals surface area contributed by atoms with Crippen molar-refractivity contribution in [3.05, 3.63) is 73.9 Å². The molecule has 9 heteroatoms. The minimum absolute atomic E-state index is 0.00778. The zero-order chi connectivity index (χ0) is 19.0. The number of nitro groups is 1. The van der Waals surface area contributed by atoms with Gasteiger partial charge >= 0.3 is 0 Å². The second-order valence-corrected chi connectivity index (χ2v) is 6.35. The number of aromatic nitrogens is 2. The molecular formula is C18H16N4O5. The number of hydrogen-bond donors (Lipinski definition) is 2. The summed E-state index contributed by atoms with van der Waals surface area (Å²) in [5.41, 5.74) is 1.40. The smallest absolute Gasteiger partial charge is 0.270 e. The Hall–Kier alpha value is -3.46. The predicted molar refractivity (Wildman–Crippen MR) is 95.1 cm³/mol. The fraction of sp³-hybridized carbons (Fsp3) is 0.222. The van der Waals surface area contributed by atoms with Crippen LogP contribution in [0, 0.1) is 10.1 Å². The highest BCUT2D eigenvalue weighted by Gasteiger charge is 2.23. The van der Waals surface area contributed by atoms with Gasteiger partial charge in [-0.2, -0.15) is 0 Å². The summed E-state index contributed by atoms with van der Waals surface area (Å²) >= 11 is 0. The van der Waals surface area contributed by atoms with Crippen molar-refractivity contribution in [3.63, 3.8) is 0 Å². The zero-order valence-corrected chi connectivity index (χ0v) is 14.2. The molecule has 0 amide bonds. The summed E-state index contributed by atoms with van der Waals surface area (Å²) in [4.78, 5) is 32.1. The van der Waals surface area contributed by atoms with Crippen LogP contribution < -0.4 is 5.56 Å². The van der Waals surface area contributed by atoms with Gasteiger partial charge in [-0.05, 0) is 18.2 Å². The number of phenolic OH excluding ortho intramolecular Hbond substituents is 1. The predicted octanol–water partition coefficient (Wildman–Crippen LogP) is 2.20. The molecule has 3 aromatic rings. The fourth-order valence-corrected chi connectivity index (χ4v) is 3.20. The highest BCUT2D eigenvalue weighted by Crippen LogP contribution is 2.26. The van der Waals surface area contributed by atoms with Crippen LogP contribution >= 0.6 is 0 Å². The van der Waals surface area contributed by atoms with Crippen molar-refractivity contribution >= 4 is 5.69 Å². The van der Waals surface area contributed by atoms with Gasteiger partial charge in [-0.15, -0.1) is 0 Å². The molecule has 0 bridgehead atoms. The van der Waals surface area contributed by atoms with E-state index >= 15 is 0 Å². The van der Waals surface area contributed by atoms with Crippen LogP contribution in [0.5, 0.6) is 5.75 Å². The third-order valence-corrected chi connectivity index (χ3v) is 4.57. The summed E-state index contributed by atoms with van der Waals surface area (Å²) in [6.07, 6.45) is 2.07. The molecule has 2 N–H and O–H groups in total. The lowest BCUT2D eigenvalue weighted by Crippen LogP contribution is -2.35. The second-order valence-electron chi connectivity index (χ2n) is 6.35. The van der Waals surface area contributed by atoms with Gasteiger partial charge in [0.15, 0.2) is 11.6 Å². The van der Waals surface area contributed by atoms with Gasteiger partial charge in [0.25, 0.3) is 11.2 Å². The van der Waals surface area contributed by atoms with Gasteiger partial charge < -0.3 is 14.5 Å². The van der Waals surface area contributed by atoms with Crippen LogP contribution in [-0.4, -0.2) is 31.4 Å². The molecule has 0 radical (unpaired) electrons. The number of non-ortho nitro benzene ring substituents is 1. The molecule has 1 aliphatic heterocycles. The van der Waals surface area contributed by atoms with Crippen molar-refractivity contribution in [1.29, 1.82) is 0 Å². The first kappa shape index (κ1) is 17.0. The molecule has 0 unspecified atom stereocenters. The van der Waals surface area contributed by atoms with E-state index < -0.39 is 4.92 Å². The van der Waals surface area contributed by atoms with Crippen molar-refractivity contribution in [2.75, 3.05) is 6.54 Å². The van der Waals surface area contributed by atoms with Crippen LogP contribution in [-0.2, 0) is 19.5 Å². The Morgan fingerprint density at radius 1 is 1.37 bits per heavy atom. The molecule has 0 fully saturated rings. The molecular weight excluding hydrogens is 352 g/mol. The van der Waals surface area contributed by atoms with E-state index in [1.807, 2.05) is 4.90 Å². The highest BCUT2D eigenvalue weighted by atomic mass is 16.6. The van der Waals surface area contributed by atoms with Crippen molar-refractivity contribution in [2.45, 2.75) is 19.5 Å². The van der Waals surface area contributed by atoms with Crippen LogP contribution in [0.2, 0.25) is 0 Å². The van der Waals surface area contributed by atoms with E-state index in [0.717, 1.165) is 0 Å². The molecule has 4 rings (SSSR count). The van der Waals surface area contributed by atoms with E-state index in [-0.39, 0.29) is 17.0 Å². The maximum Gasteiger partial charge on any atom is 0.270 e. The van der Waals surface area contributed by atoms with Gasteiger partial charge in [-0.3, -0.25) is 19.8 Å². The Morgan fingerprint density at radius 2 is 2.22 bits per heavy atom. The first-order valence-electron chi connectivity index (χ1n) is 8.36. The summed E-state index contributed by atoms with van der Waals surface area (Å²) in [6.45, 7) is 1.26. The largest absolute Gasteiger partial charge is 0.508 e. The number of hydrogen-bond acceptors (Lipinski definition) is 7. The quantitative estimate of drug-likeness (QED) is 0.534. The number of aromatic amines is 1. The molecule has 3 heterocycles. The Kier molecular flexibility index (Phi) is 4.21. The van der Waals surface area contributed by atoms with Gasteiger partial charge in [-0.1, -0.05) is 0 Å². The van der Waals surface area contributed by atoms with E-state index in [4.69, 9.17) is 4.42 Å². The third kappa shape index (κ3) is 3.32. The summed E-state index contributed by atoms with van der Waals surface area (Å²) in [5.74, 6) is 0.888. The lowest BCUT2D eigenvalue weighted by Gasteiger charge is -2.27. The maximum atomic E-state index is 12.5. The van der Waals surface area contributed by atoms with Crippen LogP contribution in [0.4, 0.5) is 5.69 Å². The topological polar surface area (TPSA) is 126 Å². The first-order valence-corrected chi connectivity index (χ1v) is 8.36. The summed E-state index contributed by atoms with van der Waals surface area (Å²) in [5, 5.41) is 20.9. The summed E-state index contributed by atoms with van der Waals surface area (Å²) in [7, 11) is 0. The molecule has 0 saturated carbocycles. The number of nitrogens with one attached hydrogen (secondary N) is 1. The maximum absolute atomic E-state index is 12.5. The molecule has 0 saturated heterocycles. The molecule has 0 aliphatic carbocycles. The number of phenols is 1. The molecule has 27 heavy (non-hydrogen) atoms. The van der Waals surface area contributed by atoms with Gasteiger partial charge in [0, 0.05) is 43.8 Å². The van der Waals surface area contributed by atoms with Gasteiger partial charge in [-0.25, -0.2) is 4.98 Å². The van der Waals surface area contributed by atoms with E-state index in [1.165, 1.54) is 24.5 Å². The first-order chi connectivity index (χ1) is 13.0. The lowest BCUT2D eigenvalue weighted by molar-refractivity contribution is -0.385. The normalized spacial score (nSPS) is 14.1. The number of nitrogens with zero attached hydrogens (tertiary/aromatic N) is 3. The van der Waals surface area contributed by atoms with Crippen LogP contribution in [0.1, 0.15) is 16.8 Å². The monoisotopic (exact) mass is 368 g/mol. The number of fused-ring (bicyclic) bond motifs is 1. The van der Waals surface area contributed by atoms with E-state index in [0.29, 0.717) is 54.5 Å². The number of rotatable bonds is 4. The standard InChI is InChI=1S/C18H16N4O5/c23-15-4-3-12(22(25)26)8-11(15)9-21-6-5-14-13(10-21)18(24)20-17(19-14)16-2-1-7-27-16/h1-4,7-8,23H,5-6,9-10H2,(H,19,20,24). The number of furan rings is 1. The fourth-order valence-electron chi connectivity index (χ4n) is 3.20. The Morgan fingerprint density at radius 3 is 2.96 bits per heavy atom. The van der Waals surface area contributed by atoms with Crippen LogP contribution in [0.15, 0.2) is 45.8 Å². The van der Waals surface area contributed by atoms with Crippen molar-refractivity contribution in [2.24, 2.45) is 0 Å². The van der Waals surface area contributed by atoms with Crippen molar-refractivity contribution in [1.82, 2.24) is 14.9 Å². The minimum Gasteiger partial charge on any atom is -0.508 e. The number of nitro benzene ring substituents is 1. The average molecular weight is 368 g/mol. The van der Waals surface area contributed by atoms with Crippen LogP contribution in [0.3, 0.4) is 0 Å². The summed E-state index contributed by atoms with van der Waals surface area (Å²) in [6, 6.07) is 7.38. The third-order valence-electron chi connectivity index (χ3n) is 4.57. The minimum atomic E-state index is -0.501. The van der Waals surface area contributed by atoms with Gasteiger partial charge in [0.1, 0.15) is 5.75 Å². The molecule has 2 aromatic heterocycles. The number of H-pyrrole nitrogens is 1. The molecule has 1 aliphatic rings. The Labute approximate surface area is 153 Å². The van der Waals surface area contributed by atoms with Gasteiger partial charge in [0.2, 0.25) is 0 Å². The Bertz CT molecular complexity index is 1060. The van der Waals surface area contributed by atoms with E-state index in [2.05, 4.69) is 9.97 Å². The molecule has 0 atom stereocenters. The van der Waals surface area contributed by atoms with Crippen LogP contribution in [0.25, 0.3) is 11.6 Å². The summed E-state index contributed by atoms with van der Waals surface area (Å²) < 4.78 is 5.28. The lowest BCUT2D eigenvalue weighted by atomic mass is 10.1. The molecule has 1 aromatic carbocycles. The van der Waals surface area contributed by atoms with Crippen molar-refractivity contribution in [3.8, 4) is 17.3 Å². The molecule has 9 nitrogen and oxygen atoms in total. The zero-order valence-electron chi connectivity index (χ0n) is 14.2. The van der Waals surface area contributed by atoms with Gasteiger partial charge in [0.05, 0.1) is 22.4 Å². The number of aromatic hydroxyl groups is 1. The number of benzene rings is 1. The average Bonchev–Trinajstić information content (AvgIpc) is 3.18. The SMILES string of the molecule is O=c1[nH]c(-c2ccco2)nc2c1CN(Cc1cc([N+](=O)[O-])ccc1O)CC2. The van der Waals surface area contributed by atoms with Crippen molar-refractivity contribution < 1.29 is 14.4 Å². The molecule has 0 spiro atoms. The second kappa shape index (κ2) is 6.69. The highest BCUT2D eigenvalue weighted by molar-refractivity contribution is 5.47. The van der Waals surface area contributed by atoms with E-state index in [9.17, 15) is 20.0 Å². The molecule has 138 valence electrons.